The minimum absolute atomic E-state index is 0.250. The summed E-state index contributed by atoms with van der Waals surface area (Å²) in [5.41, 5.74) is 1.51. The summed E-state index contributed by atoms with van der Waals surface area (Å²) in [5.74, 6) is 2.65. The monoisotopic (exact) mass is 477 g/mol. The molecule has 0 amide bonds. The van der Waals surface area contributed by atoms with Crippen LogP contribution in [0.4, 0.5) is 13.2 Å². The van der Waals surface area contributed by atoms with Crippen LogP contribution in [0.2, 0.25) is 0 Å². The predicted molar refractivity (Wildman–Crippen MR) is 119 cm³/mol. The minimum Gasteiger partial charge on any atom is -0.440 e. The molecule has 1 aliphatic carbocycles. The Balaban J connectivity index is 1.09. The number of alkyl halides is 3. The largest absolute Gasteiger partial charge is 0.440 e. The van der Waals surface area contributed by atoms with Gasteiger partial charge in [0.25, 0.3) is 0 Å². The van der Waals surface area contributed by atoms with Crippen LogP contribution in [0.5, 0.6) is 0 Å². The Morgan fingerprint density at radius 1 is 1.21 bits per heavy atom. The molecule has 2 unspecified atom stereocenters. The molecule has 10 heteroatoms. The highest BCUT2D eigenvalue weighted by Gasteiger charge is 2.57. The molecule has 6 nitrogen and oxygen atoms in total. The van der Waals surface area contributed by atoms with E-state index in [1.165, 1.54) is 18.5 Å². The molecule has 2 aliphatic rings. The molecule has 2 fully saturated rings. The second-order valence-electron chi connectivity index (χ2n) is 9.10. The first-order chi connectivity index (χ1) is 15.8. The van der Waals surface area contributed by atoms with Gasteiger partial charge in [-0.05, 0) is 68.3 Å². The van der Waals surface area contributed by atoms with Gasteiger partial charge in [0.1, 0.15) is 0 Å². The average molecular weight is 478 g/mol. The smallest absolute Gasteiger partial charge is 0.416 e. The number of nitrogens with zero attached hydrogens (tertiary/aromatic N) is 5. The molecule has 33 heavy (non-hydrogen) atoms. The van der Waals surface area contributed by atoms with Crippen LogP contribution in [0, 0.1) is 12.3 Å². The lowest BCUT2D eigenvalue weighted by Gasteiger charge is -2.16. The molecule has 0 radical (unpaired) electrons. The summed E-state index contributed by atoms with van der Waals surface area (Å²) < 4.78 is 45.8. The number of oxazole rings is 1. The van der Waals surface area contributed by atoms with Gasteiger partial charge in [0.05, 0.1) is 11.3 Å². The summed E-state index contributed by atoms with van der Waals surface area (Å²) in [7, 11) is 1.93. The number of rotatable bonds is 7. The van der Waals surface area contributed by atoms with Gasteiger partial charge in [-0.2, -0.15) is 13.2 Å². The van der Waals surface area contributed by atoms with E-state index in [9.17, 15) is 13.2 Å². The number of likely N-dealkylation sites (tertiary alicyclic amines) is 1. The molecule has 1 aromatic carbocycles. The third-order valence-electron chi connectivity index (χ3n) is 6.93. The first kappa shape index (κ1) is 22.5. The van der Waals surface area contributed by atoms with Crippen LogP contribution in [-0.2, 0) is 13.2 Å². The molecule has 0 bridgehead atoms. The fourth-order valence-corrected chi connectivity index (χ4v) is 5.79. The molecule has 5 rings (SSSR count). The number of aromatic nitrogens is 4. The lowest BCUT2D eigenvalue weighted by atomic mass is 9.97. The maximum atomic E-state index is 12.8. The van der Waals surface area contributed by atoms with Gasteiger partial charge in [-0.25, -0.2) is 4.98 Å². The molecule has 1 aliphatic heterocycles. The van der Waals surface area contributed by atoms with E-state index < -0.39 is 11.7 Å². The number of hydrogen-bond donors (Lipinski definition) is 0. The summed E-state index contributed by atoms with van der Waals surface area (Å²) in [5, 5.41) is 9.38. The van der Waals surface area contributed by atoms with Gasteiger partial charge in [0, 0.05) is 19.3 Å². The molecule has 176 valence electrons. The van der Waals surface area contributed by atoms with E-state index in [1.807, 2.05) is 18.5 Å². The van der Waals surface area contributed by atoms with Crippen molar-refractivity contribution in [3.63, 3.8) is 0 Å². The number of thioether (sulfide) groups is 1. The molecule has 2 aromatic heterocycles. The van der Waals surface area contributed by atoms with Gasteiger partial charge in [0.15, 0.2) is 17.3 Å². The van der Waals surface area contributed by atoms with Crippen LogP contribution in [0.25, 0.3) is 11.6 Å². The van der Waals surface area contributed by atoms with E-state index in [-0.39, 0.29) is 5.41 Å². The van der Waals surface area contributed by atoms with E-state index in [2.05, 4.69) is 20.1 Å². The van der Waals surface area contributed by atoms with E-state index in [1.54, 1.807) is 23.9 Å². The van der Waals surface area contributed by atoms with Crippen molar-refractivity contribution in [2.45, 2.75) is 43.4 Å². The zero-order chi connectivity index (χ0) is 23.2. The van der Waals surface area contributed by atoms with Crippen LogP contribution in [0.1, 0.15) is 42.0 Å². The highest BCUT2D eigenvalue weighted by atomic mass is 32.2. The Hall–Kier alpha value is -2.33. The zero-order valence-corrected chi connectivity index (χ0v) is 19.4. The van der Waals surface area contributed by atoms with E-state index in [4.69, 9.17) is 4.42 Å². The Bertz CT molecular complexity index is 1130. The van der Waals surface area contributed by atoms with Gasteiger partial charge in [-0.1, -0.05) is 23.9 Å². The summed E-state index contributed by atoms with van der Waals surface area (Å²) in [6, 6.07) is 5.76. The highest BCUT2D eigenvalue weighted by molar-refractivity contribution is 7.99. The normalized spacial score (nSPS) is 23.0. The minimum atomic E-state index is -4.27. The lowest BCUT2D eigenvalue weighted by Crippen LogP contribution is -2.23. The first-order valence-electron chi connectivity index (χ1n) is 11.1. The van der Waals surface area contributed by atoms with Crippen LogP contribution in [0.3, 0.4) is 0 Å². The SMILES string of the molecule is Cc1ncoc1-c1nnc(SCCCN2CCC3(CC3c3ccc(C(F)(F)F)cc3)C2)n1C. The highest BCUT2D eigenvalue weighted by Crippen LogP contribution is 2.64. The maximum absolute atomic E-state index is 12.8. The van der Waals surface area contributed by atoms with Gasteiger partial charge in [0.2, 0.25) is 5.82 Å². The molecule has 2 atom stereocenters. The van der Waals surface area contributed by atoms with Gasteiger partial charge in [-0.3, -0.25) is 0 Å². The van der Waals surface area contributed by atoms with Crippen molar-refractivity contribution in [1.29, 1.82) is 0 Å². The van der Waals surface area contributed by atoms with Crippen LogP contribution in [0.15, 0.2) is 40.2 Å². The predicted octanol–water partition coefficient (Wildman–Crippen LogP) is 5.16. The molecule has 3 heterocycles. The van der Waals surface area contributed by atoms with Crippen molar-refractivity contribution in [1.82, 2.24) is 24.6 Å². The summed E-state index contributed by atoms with van der Waals surface area (Å²) in [6.45, 7) is 4.98. The van der Waals surface area contributed by atoms with Crippen molar-refractivity contribution < 1.29 is 17.6 Å². The third-order valence-corrected chi connectivity index (χ3v) is 8.03. The lowest BCUT2D eigenvalue weighted by molar-refractivity contribution is -0.137. The van der Waals surface area contributed by atoms with Crippen LogP contribution < -0.4 is 0 Å². The quantitative estimate of drug-likeness (QED) is 0.346. The van der Waals surface area contributed by atoms with Gasteiger partial charge in [-0.15, -0.1) is 10.2 Å². The second-order valence-corrected chi connectivity index (χ2v) is 10.2. The third kappa shape index (κ3) is 4.42. The molecular formula is C23H26F3N5OS. The summed E-state index contributed by atoms with van der Waals surface area (Å²) in [6.07, 6.45) is 0.372. The topological polar surface area (TPSA) is 60.0 Å². The van der Waals surface area contributed by atoms with Gasteiger partial charge < -0.3 is 13.9 Å². The molecule has 3 aromatic rings. The van der Waals surface area contributed by atoms with Gasteiger partial charge >= 0.3 is 6.18 Å². The number of benzene rings is 1. The zero-order valence-electron chi connectivity index (χ0n) is 18.6. The summed E-state index contributed by atoms with van der Waals surface area (Å²) >= 11 is 1.68. The Morgan fingerprint density at radius 3 is 2.70 bits per heavy atom. The fraction of sp³-hybridized carbons (Fsp3) is 0.522. The van der Waals surface area contributed by atoms with Crippen molar-refractivity contribution in [2.75, 3.05) is 25.4 Å². The Labute approximate surface area is 194 Å². The molecular weight excluding hydrogens is 451 g/mol. The van der Waals surface area contributed by atoms with Crippen LogP contribution >= 0.6 is 11.8 Å². The van der Waals surface area contributed by atoms with Crippen molar-refractivity contribution in [3.8, 4) is 11.6 Å². The standard InChI is InChI=1S/C23H26F3N5OS/c1-15-19(32-14-27-15)20-28-29-21(30(20)2)33-11-3-9-31-10-8-22(13-31)12-18(22)16-4-6-17(7-5-16)23(24,25)26/h4-7,14,18H,3,8-13H2,1-2H3. The number of halogens is 3. The average Bonchev–Trinajstić information content (AvgIpc) is 3.05. The first-order valence-corrected chi connectivity index (χ1v) is 12.1. The number of hydrogen-bond acceptors (Lipinski definition) is 6. The van der Waals surface area contributed by atoms with Crippen LogP contribution in [-0.4, -0.2) is 50.0 Å². The van der Waals surface area contributed by atoms with E-state index in [0.717, 1.165) is 61.1 Å². The maximum Gasteiger partial charge on any atom is 0.416 e. The summed E-state index contributed by atoms with van der Waals surface area (Å²) in [4.78, 5) is 6.60. The molecule has 1 saturated carbocycles. The number of aryl methyl sites for hydroxylation is 1. The Kier molecular flexibility index (Phi) is 5.76. The van der Waals surface area contributed by atoms with E-state index in [0.29, 0.717) is 17.5 Å². The van der Waals surface area contributed by atoms with E-state index >= 15 is 0 Å². The molecule has 0 N–H and O–H groups in total. The van der Waals surface area contributed by atoms with Crippen molar-refractivity contribution >= 4 is 11.8 Å². The van der Waals surface area contributed by atoms with Crippen molar-refractivity contribution in [3.05, 3.63) is 47.5 Å². The second kappa shape index (κ2) is 8.47. The van der Waals surface area contributed by atoms with Crippen molar-refractivity contribution in [2.24, 2.45) is 12.5 Å². The fourth-order valence-electron chi connectivity index (χ4n) is 4.96. The molecule has 1 spiro atoms. The Morgan fingerprint density at radius 2 is 2.00 bits per heavy atom. The molecule has 1 saturated heterocycles.